The van der Waals surface area contributed by atoms with Crippen molar-refractivity contribution in [3.8, 4) is 11.1 Å². The van der Waals surface area contributed by atoms with E-state index in [2.05, 4.69) is 0 Å². The fraction of sp³-hybridized carbons (Fsp3) is 0.263. The zero-order chi connectivity index (χ0) is 19.0. The number of nitrogens with zero attached hydrogens (tertiary/aromatic N) is 2. The molecule has 1 aromatic carbocycles. The second kappa shape index (κ2) is 7.64. The third kappa shape index (κ3) is 3.62. The molecule has 0 unspecified atom stereocenters. The van der Waals surface area contributed by atoms with Gasteiger partial charge in [0.2, 0.25) is 5.91 Å². The number of carbonyl (C=O) groups is 1. The van der Waals surface area contributed by atoms with Gasteiger partial charge in [-0.3, -0.25) is 9.59 Å². The highest BCUT2D eigenvalue weighted by atomic mass is 35.5. The Morgan fingerprint density at radius 3 is 2.67 bits per heavy atom. The predicted octanol–water partition coefficient (Wildman–Crippen LogP) is 3.90. The molecule has 0 atom stereocenters. The summed E-state index contributed by atoms with van der Waals surface area (Å²) in [5.74, 6) is -0.0777. The Hall–Kier alpha value is -1.86. The molecule has 3 aromatic rings. The fourth-order valence-corrected chi connectivity index (χ4v) is 4.40. The molecule has 0 saturated carbocycles. The molecular formula is C19H16Cl2N2O3S. The summed E-state index contributed by atoms with van der Waals surface area (Å²) in [7, 11) is 0. The largest absolute Gasteiger partial charge is 0.378 e. The van der Waals surface area contributed by atoms with Crippen LogP contribution in [-0.4, -0.2) is 41.7 Å². The molecule has 2 aromatic heterocycles. The lowest BCUT2D eigenvalue weighted by Crippen LogP contribution is -2.43. The van der Waals surface area contributed by atoms with E-state index in [1.54, 1.807) is 23.2 Å². The molecular weight excluding hydrogens is 407 g/mol. The van der Waals surface area contributed by atoms with Crippen molar-refractivity contribution in [2.75, 3.05) is 26.3 Å². The van der Waals surface area contributed by atoms with Gasteiger partial charge in [-0.25, -0.2) is 0 Å². The number of rotatable bonds is 3. The average molecular weight is 423 g/mol. The summed E-state index contributed by atoms with van der Waals surface area (Å²) in [4.78, 5) is 27.3. The number of amides is 1. The number of morpholine rings is 1. The van der Waals surface area contributed by atoms with E-state index >= 15 is 0 Å². The van der Waals surface area contributed by atoms with E-state index in [9.17, 15) is 9.59 Å². The first kappa shape index (κ1) is 18.5. The molecule has 0 aliphatic carbocycles. The van der Waals surface area contributed by atoms with Gasteiger partial charge in [0.05, 0.1) is 28.6 Å². The van der Waals surface area contributed by atoms with Crippen molar-refractivity contribution in [2.24, 2.45) is 0 Å². The summed E-state index contributed by atoms with van der Waals surface area (Å²) >= 11 is 13.6. The predicted molar refractivity (Wildman–Crippen MR) is 109 cm³/mol. The maximum Gasteiger partial charge on any atom is 0.260 e. The highest BCUT2D eigenvalue weighted by Gasteiger charge is 2.19. The minimum atomic E-state index is -0.184. The molecule has 8 heteroatoms. The van der Waals surface area contributed by atoms with Gasteiger partial charge in [0.15, 0.2) is 0 Å². The molecule has 140 valence electrons. The molecule has 1 saturated heterocycles. The standard InChI is InChI=1S/C19H16Cl2N2O3S/c20-14-2-1-12(9-15(14)21)13-11-27-16-3-4-23(19(25)18(13)16)10-17(24)22-5-7-26-8-6-22/h1-4,9,11H,5-8,10H2. The van der Waals surface area contributed by atoms with E-state index < -0.39 is 0 Å². The molecule has 27 heavy (non-hydrogen) atoms. The van der Waals surface area contributed by atoms with Crippen LogP contribution in [0.25, 0.3) is 21.2 Å². The molecule has 0 radical (unpaired) electrons. The molecule has 5 nitrogen and oxygen atoms in total. The van der Waals surface area contributed by atoms with Crippen molar-refractivity contribution in [2.45, 2.75) is 6.54 Å². The van der Waals surface area contributed by atoms with E-state index in [0.717, 1.165) is 15.8 Å². The summed E-state index contributed by atoms with van der Waals surface area (Å²) in [6.07, 6.45) is 1.68. The number of aromatic nitrogens is 1. The van der Waals surface area contributed by atoms with Crippen LogP contribution in [0, 0.1) is 0 Å². The molecule has 1 aliphatic heterocycles. The Morgan fingerprint density at radius 2 is 1.93 bits per heavy atom. The first-order valence-corrected chi connectivity index (χ1v) is 10.1. The van der Waals surface area contributed by atoms with Crippen molar-refractivity contribution < 1.29 is 9.53 Å². The zero-order valence-electron chi connectivity index (χ0n) is 14.3. The third-order valence-corrected chi connectivity index (χ3v) is 6.29. The highest BCUT2D eigenvalue weighted by molar-refractivity contribution is 7.17. The Balaban J connectivity index is 1.71. The Kier molecular flexibility index (Phi) is 5.23. The number of pyridine rings is 1. The topological polar surface area (TPSA) is 51.5 Å². The quantitative estimate of drug-likeness (QED) is 0.642. The van der Waals surface area contributed by atoms with Gasteiger partial charge in [-0.15, -0.1) is 11.3 Å². The lowest BCUT2D eigenvalue weighted by atomic mass is 10.1. The number of hydrogen-bond acceptors (Lipinski definition) is 4. The number of benzene rings is 1. The number of ether oxygens (including phenoxy) is 1. The molecule has 0 bridgehead atoms. The molecule has 0 spiro atoms. The number of fused-ring (bicyclic) bond motifs is 1. The minimum Gasteiger partial charge on any atom is -0.378 e. The summed E-state index contributed by atoms with van der Waals surface area (Å²) in [6, 6.07) is 7.17. The molecule has 4 rings (SSSR count). The van der Waals surface area contributed by atoms with E-state index in [1.165, 1.54) is 15.9 Å². The number of carbonyl (C=O) groups excluding carboxylic acids is 1. The smallest absolute Gasteiger partial charge is 0.260 e. The van der Waals surface area contributed by atoms with Crippen molar-refractivity contribution >= 4 is 50.5 Å². The van der Waals surface area contributed by atoms with Gasteiger partial charge in [-0.1, -0.05) is 29.3 Å². The van der Waals surface area contributed by atoms with Crippen LogP contribution in [0.1, 0.15) is 0 Å². The highest BCUT2D eigenvalue weighted by Crippen LogP contribution is 2.34. The third-order valence-electron chi connectivity index (χ3n) is 4.60. The van der Waals surface area contributed by atoms with E-state index in [1.807, 2.05) is 17.5 Å². The van der Waals surface area contributed by atoms with Crippen LogP contribution in [0.15, 0.2) is 40.6 Å². The Morgan fingerprint density at radius 1 is 1.15 bits per heavy atom. The summed E-state index contributed by atoms with van der Waals surface area (Å²) < 4.78 is 7.61. The van der Waals surface area contributed by atoms with Crippen LogP contribution < -0.4 is 5.56 Å². The van der Waals surface area contributed by atoms with Crippen LogP contribution in [0.3, 0.4) is 0 Å². The maximum absolute atomic E-state index is 13.1. The fourth-order valence-electron chi connectivity index (χ4n) is 3.14. The summed E-state index contributed by atoms with van der Waals surface area (Å²) in [5, 5.41) is 3.43. The second-order valence-corrected chi connectivity index (χ2v) is 7.99. The van der Waals surface area contributed by atoms with Crippen molar-refractivity contribution in [1.29, 1.82) is 0 Å². The van der Waals surface area contributed by atoms with Gasteiger partial charge in [0, 0.05) is 34.9 Å². The number of thiophene rings is 1. The van der Waals surface area contributed by atoms with Gasteiger partial charge in [0.25, 0.3) is 5.56 Å². The number of hydrogen-bond donors (Lipinski definition) is 0. The molecule has 1 fully saturated rings. The molecule has 1 aliphatic rings. The van der Waals surface area contributed by atoms with Gasteiger partial charge < -0.3 is 14.2 Å². The number of halogens is 2. The van der Waals surface area contributed by atoms with Crippen LogP contribution in [0.5, 0.6) is 0 Å². The monoisotopic (exact) mass is 422 g/mol. The van der Waals surface area contributed by atoms with Gasteiger partial charge in [0.1, 0.15) is 6.54 Å². The average Bonchev–Trinajstić information content (AvgIpc) is 3.12. The first-order chi connectivity index (χ1) is 13.0. The van der Waals surface area contributed by atoms with Crippen LogP contribution in [0.4, 0.5) is 0 Å². The zero-order valence-corrected chi connectivity index (χ0v) is 16.6. The van der Waals surface area contributed by atoms with E-state index in [-0.39, 0.29) is 18.0 Å². The lowest BCUT2D eigenvalue weighted by Gasteiger charge is -2.27. The SMILES string of the molecule is O=C(Cn1ccc2scc(-c3ccc(Cl)c(Cl)c3)c2c1=O)N1CCOCC1. The normalized spacial score (nSPS) is 14.7. The van der Waals surface area contributed by atoms with Crippen molar-refractivity contribution in [3.05, 3.63) is 56.2 Å². The summed E-state index contributed by atoms with van der Waals surface area (Å²) in [6.45, 7) is 2.20. The van der Waals surface area contributed by atoms with Crippen molar-refractivity contribution in [1.82, 2.24) is 9.47 Å². The molecule has 0 N–H and O–H groups in total. The second-order valence-electron chi connectivity index (χ2n) is 6.26. The minimum absolute atomic E-state index is 0.0193. The molecule has 1 amide bonds. The van der Waals surface area contributed by atoms with Crippen LogP contribution in [0.2, 0.25) is 10.0 Å². The summed E-state index contributed by atoms with van der Waals surface area (Å²) in [5.41, 5.74) is 1.44. The van der Waals surface area contributed by atoms with Crippen LogP contribution >= 0.6 is 34.5 Å². The van der Waals surface area contributed by atoms with Gasteiger partial charge in [-0.2, -0.15) is 0 Å². The lowest BCUT2D eigenvalue weighted by molar-refractivity contribution is -0.135. The Bertz CT molecular complexity index is 1070. The van der Waals surface area contributed by atoms with E-state index in [0.29, 0.717) is 41.7 Å². The van der Waals surface area contributed by atoms with Gasteiger partial charge in [-0.05, 0) is 23.8 Å². The maximum atomic E-state index is 13.1. The Labute approximate surface area is 169 Å². The molecule has 3 heterocycles. The first-order valence-electron chi connectivity index (χ1n) is 8.46. The van der Waals surface area contributed by atoms with E-state index in [4.69, 9.17) is 27.9 Å². The van der Waals surface area contributed by atoms with Gasteiger partial charge >= 0.3 is 0 Å². The van der Waals surface area contributed by atoms with Crippen molar-refractivity contribution in [3.63, 3.8) is 0 Å². The van der Waals surface area contributed by atoms with Crippen LogP contribution in [-0.2, 0) is 16.1 Å².